The van der Waals surface area contributed by atoms with Gasteiger partial charge in [-0.25, -0.2) is 0 Å². The van der Waals surface area contributed by atoms with Gasteiger partial charge in [0.25, 0.3) is 0 Å². The van der Waals surface area contributed by atoms with Crippen LogP contribution in [0.25, 0.3) is 0 Å². The highest BCUT2D eigenvalue weighted by atomic mass is 79.9. The second kappa shape index (κ2) is 5.10. The second-order valence-electron chi connectivity index (χ2n) is 3.30. The molecule has 0 spiro atoms. The van der Waals surface area contributed by atoms with E-state index >= 15 is 0 Å². The van der Waals surface area contributed by atoms with Crippen molar-refractivity contribution in [2.24, 2.45) is 0 Å². The van der Waals surface area contributed by atoms with Gasteiger partial charge in [-0.2, -0.15) is 0 Å². The number of thiophene rings is 1. The normalized spacial score (nSPS) is 13.6. The largest absolute Gasteiger partial charge is 0.392 e. The molecule has 1 aromatic rings. The molecule has 0 bridgehead atoms. The Labute approximate surface area is 91.3 Å². The fraction of sp³-hybridized carbons (Fsp3) is 0.556. The zero-order valence-corrected chi connectivity index (χ0v) is 10.2. The van der Waals surface area contributed by atoms with E-state index in [4.69, 9.17) is 5.11 Å². The average molecular weight is 264 g/mol. The summed E-state index contributed by atoms with van der Waals surface area (Å²) in [5.74, 6) is 0. The summed E-state index contributed by atoms with van der Waals surface area (Å²) in [6, 6.07) is 2.11. The molecule has 0 fully saturated rings. The van der Waals surface area contributed by atoms with Crippen molar-refractivity contribution < 1.29 is 5.11 Å². The molecular weight excluding hydrogens is 250 g/mol. The summed E-state index contributed by atoms with van der Waals surface area (Å²) in [6.45, 7) is 3.42. The van der Waals surface area contributed by atoms with Crippen LogP contribution in [0.15, 0.2) is 15.2 Å². The highest BCUT2D eigenvalue weighted by molar-refractivity contribution is 9.11. The molecule has 0 unspecified atom stereocenters. The first-order chi connectivity index (χ1) is 6.08. The Kier molecular flexibility index (Phi) is 4.38. The minimum absolute atomic E-state index is 0.257. The van der Waals surface area contributed by atoms with Crippen molar-refractivity contribution in [2.45, 2.75) is 19.6 Å². The lowest BCUT2D eigenvalue weighted by atomic mass is 10.3. The van der Waals surface area contributed by atoms with Crippen LogP contribution in [0.3, 0.4) is 0 Å². The van der Waals surface area contributed by atoms with Gasteiger partial charge in [-0.15, -0.1) is 11.3 Å². The summed E-state index contributed by atoms with van der Waals surface area (Å²) in [5.41, 5.74) is 1.29. The van der Waals surface area contributed by atoms with E-state index < -0.39 is 0 Å². The van der Waals surface area contributed by atoms with Crippen LogP contribution in [0.5, 0.6) is 0 Å². The lowest BCUT2D eigenvalue weighted by molar-refractivity contribution is 0.138. The van der Waals surface area contributed by atoms with Crippen LogP contribution in [0, 0.1) is 0 Å². The number of rotatable bonds is 4. The van der Waals surface area contributed by atoms with Crippen molar-refractivity contribution in [3.05, 3.63) is 20.8 Å². The van der Waals surface area contributed by atoms with Crippen LogP contribution in [0.1, 0.15) is 12.5 Å². The minimum Gasteiger partial charge on any atom is -0.392 e. The Bertz CT molecular complexity index is 262. The van der Waals surface area contributed by atoms with Gasteiger partial charge in [0.05, 0.1) is 9.89 Å². The van der Waals surface area contributed by atoms with Gasteiger partial charge < -0.3 is 5.11 Å². The first-order valence-electron chi connectivity index (χ1n) is 4.17. The van der Waals surface area contributed by atoms with E-state index in [2.05, 4.69) is 32.3 Å². The Morgan fingerprint density at radius 1 is 1.69 bits per heavy atom. The molecule has 0 radical (unpaired) electrons. The topological polar surface area (TPSA) is 23.5 Å². The van der Waals surface area contributed by atoms with E-state index in [-0.39, 0.29) is 6.10 Å². The van der Waals surface area contributed by atoms with Crippen LogP contribution < -0.4 is 0 Å². The van der Waals surface area contributed by atoms with Crippen LogP contribution >= 0.6 is 27.3 Å². The molecule has 0 aliphatic carbocycles. The van der Waals surface area contributed by atoms with Crippen molar-refractivity contribution in [1.29, 1.82) is 0 Å². The first kappa shape index (κ1) is 11.2. The monoisotopic (exact) mass is 263 g/mol. The maximum absolute atomic E-state index is 9.16. The van der Waals surface area contributed by atoms with Gasteiger partial charge in [0.2, 0.25) is 0 Å². The fourth-order valence-corrected chi connectivity index (χ4v) is 2.46. The summed E-state index contributed by atoms with van der Waals surface area (Å²) in [4.78, 5) is 2.11. The van der Waals surface area contributed by atoms with Crippen molar-refractivity contribution >= 4 is 27.3 Å². The van der Waals surface area contributed by atoms with Crippen LogP contribution in [0.4, 0.5) is 0 Å². The van der Waals surface area contributed by atoms with E-state index in [0.717, 1.165) is 10.3 Å². The predicted octanol–water partition coefficient (Wildman–Crippen LogP) is 2.32. The molecule has 4 heteroatoms. The summed E-state index contributed by atoms with van der Waals surface area (Å²) >= 11 is 5.12. The lowest BCUT2D eigenvalue weighted by Crippen LogP contribution is -2.26. The third-order valence-electron chi connectivity index (χ3n) is 1.65. The Morgan fingerprint density at radius 2 is 2.38 bits per heavy atom. The quantitative estimate of drug-likeness (QED) is 0.902. The fourth-order valence-electron chi connectivity index (χ4n) is 1.26. The summed E-state index contributed by atoms with van der Waals surface area (Å²) in [6.07, 6.45) is -0.257. The molecule has 1 atom stereocenters. The highest BCUT2D eigenvalue weighted by Gasteiger charge is 2.04. The van der Waals surface area contributed by atoms with E-state index in [1.54, 1.807) is 18.3 Å². The highest BCUT2D eigenvalue weighted by Crippen LogP contribution is 2.21. The predicted molar refractivity (Wildman–Crippen MR) is 60.0 cm³/mol. The molecule has 74 valence electrons. The lowest BCUT2D eigenvalue weighted by Gasteiger charge is -2.17. The number of hydrogen-bond donors (Lipinski definition) is 1. The number of halogens is 1. The summed E-state index contributed by atoms with van der Waals surface area (Å²) in [7, 11) is 2.01. The molecular formula is C9H14BrNOS. The maximum atomic E-state index is 9.16. The van der Waals surface area contributed by atoms with Gasteiger partial charge in [-0.3, -0.25) is 4.90 Å². The van der Waals surface area contributed by atoms with E-state index in [0.29, 0.717) is 6.54 Å². The van der Waals surface area contributed by atoms with Gasteiger partial charge in [-0.05, 0) is 46.9 Å². The zero-order valence-electron chi connectivity index (χ0n) is 7.83. The van der Waals surface area contributed by atoms with Gasteiger partial charge in [-0.1, -0.05) is 0 Å². The third-order valence-corrected chi connectivity index (χ3v) is 3.20. The van der Waals surface area contributed by atoms with E-state index in [1.165, 1.54) is 5.56 Å². The Morgan fingerprint density at radius 3 is 2.85 bits per heavy atom. The first-order valence-corrected chi connectivity index (χ1v) is 5.84. The number of hydrogen-bond acceptors (Lipinski definition) is 3. The van der Waals surface area contributed by atoms with Crippen molar-refractivity contribution in [1.82, 2.24) is 4.90 Å². The molecule has 0 saturated heterocycles. The van der Waals surface area contributed by atoms with Gasteiger partial charge in [0, 0.05) is 13.1 Å². The Balaban J connectivity index is 2.40. The minimum atomic E-state index is -0.257. The molecule has 0 saturated carbocycles. The van der Waals surface area contributed by atoms with Gasteiger partial charge in [0.1, 0.15) is 0 Å². The number of likely N-dealkylation sites (N-methyl/N-ethyl adjacent to an activating group) is 1. The molecule has 1 heterocycles. The molecule has 0 amide bonds. The van der Waals surface area contributed by atoms with Crippen LogP contribution in [0.2, 0.25) is 0 Å². The SMILES string of the molecule is C[C@@H](O)CN(C)Cc1csc(Br)c1. The van der Waals surface area contributed by atoms with Crippen LogP contribution in [-0.2, 0) is 6.54 Å². The molecule has 13 heavy (non-hydrogen) atoms. The van der Waals surface area contributed by atoms with Crippen molar-refractivity contribution in [3.63, 3.8) is 0 Å². The molecule has 0 aromatic carbocycles. The molecule has 0 aliphatic heterocycles. The third kappa shape index (κ3) is 4.22. The Hall–Kier alpha value is 0.100. The van der Waals surface area contributed by atoms with Gasteiger partial charge in [0.15, 0.2) is 0 Å². The molecule has 2 nitrogen and oxygen atoms in total. The number of nitrogens with zero attached hydrogens (tertiary/aromatic N) is 1. The molecule has 1 aromatic heterocycles. The summed E-state index contributed by atoms with van der Waals surface area (Å²) < 4.78 is 1.16. The zero-order chi connectivity index (χ0) is 9.84. The molecule has 1 rings (SSSR count). The van der Waals surface area contributed by atoms with E-state index in [1.807, 2.05) is 7.05 Å². The van der Waals surface area contributed by atoms with E-state index in [9.17, 15) is 0 Å². The van der Waals surface area contributed by atoms with Crippen LogP contribution in [-0.4, -0.2) is 29.7 Å². The van der Waals surface area contributed by atoms with Gasteiger partial charge >= 0.3 is 0 Å². The number of aliphatic hydroxyl groups is 1. The second-order valence-corrected chi connectivity index (χ2v) is 5.60. The standard InChI is InChI=1S/C9H14BrNOS/c1-7(12)4-11(2)5-8-3-9(10)13-6-8/h3,6-7,12H,4-5H2,1-2H3/t7-/m1/s1. The summed E-state index contributed by atoms with van der Waals surface area (Å²) in [5, 5.41) is 11.3. The maximum Gasteiger partial charge on any atom is 0.0701 e. The number of aliphatic hydroxyl groups excluding tert-OH is 1. The average Bonchev–Trinajstić information content (AvgIpc) is 2.33. The molecule has 1 N–H and O–H groups in total. The smallest absolute Gasteiger partial charge is 0.0701 e. The van der Waals surface area contributed by atoms with Crippen molar-refractivity contribution in [2.75, 3.05) is 13.6 Å². The van der Waals surface area contributed by atoms with Crippen molar-refractivity contribution in [3.8, 4) is 0 Å². The molecule has 0 aliphatic rings.